The molecule has 6 nitrogen and oxygen atoms in total. The van der Waals surface area contributed by atoms with Gasteiger partial charge in [-0.2, -0.15) is 8.42 Å². The van der Waals surface area contributed by atoms with Gasteiger partial charge in [-0.25, -0.2) is 0 Å². The molecule has 0 bridgehead atoms. The van der Waals surface area contributed by atoms with Crippen LogP contribution >= 0.6 is 0 Å². The molecule has 1 aromatic carbocycles. The number of hydrogen-bond donors (Lipinski definition) is 3. The quantitative estimate of drug-likeness (QED) is 0.687. The van der Waals surface area contributed by atoms with Crippen LogP contribution in [0.3, 0.4) is 0 Å². The molecular weight excluding hydrogens is 270 g/mol. The highest BCUT2D eigenvalue weighted by atomic mass is 32.2. The molecule has 1 aliphatic rings. The van der Waals surface area contributed by atoms with Crippen LogP contribution in [-0.4, -0.2) is 36.6 Å². The van der Waals surface area contributed by atoms with Gasteiger partial charge < -0.3 is 10.4 Å². The smallest absolute Gasteiger partial charge is 0.294 e. The molecule has 1 aliphatic heterocycles. The van der Waals surface area contributed by atoms with Gasteiger partial charge in [-0.05, 0) is 25.5 Å². The lowest BCUT2D eigenvalue weighted by molar-refractivity contribution is -0.119. The van der Waals surface area contributed by atoms with Crippen LogP contribution in [0.15, 0.2) is 29.2 Å². The van der Waals surface area contributed by atoms with Crippen molar-refractivity contribution < 1.29 is 22.9 Å². The van der Waals surface area contributed by atoms with E-state index < -0.39 is 10.1 Å². The average molecular weight is 287 g/mol. The number of aliphatic hydroxyl groups excluding tert-OH is 1. The average Bonchev–Trinajstić information content (AvgIpc) is 2.75. The number of hydrogen-bond acceptors (Lipinski definition) is 4. The summed E-state index contributed by atoms with van der Waals surface area (Å²) >= 11 is 0. The SMILES string of the molecule is Cc1ccc(S(=O)(=O)O)cc1.O=C1CC[C@@H](CO)N1. The van der Waals surface area contributed by atoms with Crippen LogP contribution in [0.1, 0.15) is 18.4 Å². The summed E-state index contributed by atoms with van der Waals surface area (Å²) in [4.78, 5) is 10.3. The van der Waals surface area contributed by atoms with Gasteiger partial charge in [-0.1, -0.05) is 17.7 Å². The second-order valence-electron chi connectivity index (χ2n) is 4.27. The number of amides is 1. The molecule has 106 valence electrons. The Bertz CT molecular complexity index is 524. The van der Waals surface area contributed by atoms with E-state index >= 15 is 0 Å². The van der Waals surface area contributed by atoms with Crippen LogP contribution in [-0.2, 0) is 14.9 Å². The normalized spacial score (nSPS) is 18.5. The predicted octanol–water partition coefficient (Wildman–Crippen LogP) is 0.499. The van der Waals surface area contributed by atoms with Gasteiger partial charge in [-0.3, -0.25) is 9.35 Å². The van der Waals surface area contributed by atoms with Gasteiger partial charge in [0, 0.05) is 6.42 Å². The van der Waals surface area contributed by atoms with Crippen molar-refractivity contribution in [3.8, 4) is 0 Å². The molecule has 0 spiro atoms. The first-order chi connectivity index (χ1) is 8.82. The number of nitrogens with one attached hydrogen (secondary N) is 1. The Balaban J connectivity index is 0.000000200. The summed E-state index contributed by atoms with van der Waals surface area (Å²) in [6.07, 6.45) is 1.36. The molecule has 0 aromatic heterocycles. The van der Waals surface area contributed by atoms with Crippen molar-refractivity contribution >= 4 is 16.0 Å². The summed E-state index contributed by atoms with van der Waals surface area (Å²) < 4.78 is 29.6. The summed E-state index contributed by atoms with van der Waals surface area (Å²) in [5.41, 5.74) is 0.956. The molecule has 7 heteroatoms. The Labute approximate surface area is 112 Å². The lowest BCUT2D eigenvalue weighted by Gasteiger charge is -2.01. The van der Waals surface area contributed by atoms with Crippen molar-refractivity contribution in [2.45, 2.75) is 30.7 Å². The second kappa shape index (κ2) is 6.65. The molecule has 1 fully saturated rings. The highest BCUT2D eigenvalue weighted by Gasteiger charge is 2.18. The Morgan fingerprint density at radius 3 is 2.21 bits per heavy atom. The van der Waals surface area contributed by atoms with E-state index in [1.54, 1.807) is 12.1 Å². The molecule has 1 aromatic rings. The van der Waals surface area contributed by atoms with Crippen molar-refractivity contribution in [1.29, 1.82) is 0 Å². The largest absolute Gasteiger partial charge is 0.394 e. The summed E-state index contributed by atoms with van der Waals surface area (Å²) in [6, 6.07) is 6.02. The van der Waals surface area contributed by atoms with Crippen LogP contribution in [0.2, 0.25) is 0 Å². The fourth-order valence-electron chi connectivity index (χ4n) is 1.52. The van der Waals surface area contributed by atoms with E-state index in [0.29, 0.717) is 6.42 Å². The first kappa shape index (κ1) is 15.6. The molecular formula is C12H17NO5S. The molecule has 0 aliphatic carbocycles. The van der Waals surface area contributed by atoms with E-state index in [0.717, 1.165) is 12.0 Å². The zero-order valence-corrected chi connectivity index (χ0v) is 11.4. The number of aliphatic hydroxyl groups is 1. The van der Waals surface area contributed by atoms with Crippen LogP contribution in [0.5, 0.6) is 0 Å². The van der Waals surface area contributed by atoms with E-state index in [1.165, 1.54) is 12.1 Å². The Morgan fingerprint density at radius 2 is 1.89 bits per heavy atom. The lowest BCUT2D eigenvalue weighted by Crippen LogP contribution is -2.28. The van der Waals surface area contributed by atoms with Crippen molar-refractivity contribution in [3.63, 3.8) is 0 Å². The molecule has 1 atom stereocenters. The maximum Gasteiger partial charge on any atom is 0.294 e. The second-order valence-corrected chi connectivity index (χ2v) is 5.70. The number of aryl methyl sites for hydroxylation is 1. The number of rotatable bonds is 2. The molecule has 2 rings (SSSR count). The Kier molecular flexibility index (Phi) is 5.46. The van der Waals surface area contributed by atoms with Gasteiger partial charge in [0.15, 0.2) is 0 Å². The summed E-state index contributed by atoms with van der Waals surface area (Å²) in [5.74, 6) is 0.0593. The van der Waals surface area contributed by atoms with E-state index in [2.05, 4.69) is 5.32 Å². The van der Waals surface area contributed by atoms with Gasteiger partial charge >= 0.3 is 0 Å². The van der Waals surface area contributed by atoms with E-state index in [9.17, 15) is 13.2 Å². The zero-order valence-electron chi connectivity index (χ0n) is 10.5. The van der Waals surface area contributed by atoms with Gasteiger partial charge in [0.05, 0.1) is 17.5 Å². The van der Waals surface area contributed by atoms with Crippen molar-refractivity contribution in [2.24, 2.45) is 0 Å². The fraction of sp³-hybridized carbons (Fsp3) is 0.417. The summed E-state index contributed by atoms with van der Waals surface area (Å²) in [6.45, 7) is 1.92. The minimum absolute atomic E-state index is 0.0301. The minimum atomic E-state index is -4.02. The predicted molar refractivity (Wildman–Crippen MR) is 69.2 cm³/mol. The highest BCUT2D eigenvalue weighted by Crippen LogP contribution is 2.08. The Hall–Kier alpha value is -1.44. The summed E-state index contributed by atoms with van der Waals surface area (Å²) in [7, 11) is -4.02. The van der Waals surface area contributed by atoms with Gasteiger partial charge in [0.25, 0.3) is 10.1 Å². The zero-order chi connectivity index (χ0) is 14.5. The molecule has 1 heterocycles. The van der Waals surface area contributed by atoms with Crippen LogP contribution in [0.4, 0.5) is 0 Å². The fourth-order valence-corrected chi connectivity index (χ4v) is 2.00. The molecule has 0 unspecified atom stereocenters. The van der Waals surface area contributed by atoms with Crippen molar-refractivity contribution in [2.75, 3.05) is 6.61 Å². The van der Waals surface area contributed by atoms with E-state index in [1.807, 2.05) is 6.92 Å². The molecule has 0 radical (unpaired) electrons. The van der Waals surface area contributed by atoms with Crippen molar-refractivity contribution in [3.05, 3.63) is 29.8 Å². The molecule has 19 heavy (non-hydrogen) atoms. The third-order valence-corrected chi connectivity index (χ3v) is 3.49. The molecule has 1 saturated heterocycles. The van der Waals surface area contributed by atoms with Crippen LogP contribution in [0, 0.1) is 6.92 Å². The maximum absolute atomic E-state index is 10.5. The van der Waals surface area contributed by atoms with E-state index in [4.69, 9.17) is 9.66 Å². The van der Waals surface area contributed by atoms with Gasteiger partial charge in [0.2, 0.25) is 5.91 Å². The number of carbonyl (C=O) groups is 1. The third kappa shape index (κ3) is 5.37. The first-order valence-corrected chi connectivity index (χ1v) is 7.21. The van der Waals surface area contributed by atoms with Crippen molar-refractivity contribution in [1.82, 2.24) is 5.32 Å². The number of benzene rings is 1. The van der Waals surface area contributed by atoms with Gasteiger partial charge in [-0.15, -0.1) is 0 Å². The minimum Gasteiger partial charge on any atom is -0.394 e. The maximum atomic E-state index is 10.5. The highest BCUT2D eigenvalue weighted by molar-refractivity contribution is 7.85. The van der Waals surface area contributed by atoms with E-state index in [-0.39, 0.29) is 23.5 Å². The Morgan fingerprint density at radius 1 is 1.32 bits per heavy atom. The molecule has 3 N–H and O–H groups in total. The molecule has 0 saturated carbocycles. The monoisotopic (exact) mass is 287 g/mol. The molecule has 1 amide bonds. The topological polar surface area (TPSA) is 104 Å². The van der Waals surface area contributed by atoms with Crippen LogP contribution in [0.25, 0.3) is 0 Å². The third-order valence-electron chi connectivity index (χ3n) is 2.62. The summed E-state index contributed by atoms with van der Waals surface area (Å²) in [5, 5.41) is 11.1. The number of carbonyl (C=O) groups excluding carboxylic acids is 1. The lowest BCUT2D eigenvalue weighted by atomic mass is 10.2. The first-order valence-electron chi connectivity index (χ1n) is 5.77. The van der Waals surface area contributed by atoms with Gasteiger partial charge in [0.1, 0.15) is 0 Å². The standard InChI is InChI=1S/C7H8O3S.C5H9NO2/c1-6-2-4-7(5-3-6)11(8,9)10;7-3-4-1-2-5(8)6-4/h2-5H,1H3,(H,8,9,10);4,7H,1-3H2,(H,6,8)/t;4-/m.0/s1. The van der Waals surface area contributed by atoms with Crippen LogP contribution < -0.4 is 5.32 Å².